The fourth-order valence-corrected chi connectivity index (χ4v) is 0.618. The van der Waals surface area contributed by atoms with Gasteiger partial charge < -0.3 is 31.8 Å². The van der Waals surface area contributed by atoms with Crippen molar-refractivity contribution in [3.05, 3.63) is 0 Å². The van der Waals surface area contributed by atoms with Gasteiger partial charge in [0, 0.05) is 0 Å². The number of rotatable bonds is 5. The van der Waals surface area contributed by atoms with E-state index in [-0.39, 0.29) is 26.6 Å². The molecular formula is C6H13LiO6. The van der Waals surface area contributed by atoms with E-state index in [2.05, 4.69) is 0 Å². The number of carbonyl (C=O) groups is 1. The summed E-state index contributed by atoms with van der Waals surface area (Å²) < 4.78 is 0. The molecule has 0 fully saturated rings. The molecule has 4 atom stereocenters. The van der Waals surface area contributed by atoms with Gasteiger partial charge in [-0.1, -0.05) is 0 Å². The smallest absolute Gasteiger partial charge is 1.00 e. The Morgan fingerprint density at radius 3 is 1.92 bits per heavy atom. The van der Waals surface area contributed by atoms with E-state index in [1.54, 1.807) is 0 Å². The predicted octanol–water partition coefficient (Wildman–Crippen LogP) is -6.26. The topological polar surface area (TPSA) is 118 Å². The first-order chi connectivity index (χ1) is 5.54. The summed E-state index contributed by atoms with van der Waals surface area (Å²) in [4.78, 5) is 9.90. The Morgan fingerprint density at radius 1 is 1.15 bits per heavy atom. The van der Waals surface area contributed by atoms with Gasteiger partial charge in [-0.3, -0.25) is 0 Å². The van der Waals surface area contributed by atoms with Crippen LogP contribution in [0.1, 0.15) is 1.43 Å². The molecule has 0 radical (unpaired) electrons. The van der Waals surface area contributed by atoms with Gasteiger partial charge in [-0.05, 0) is 0 Å². The predicted molar refractivity (Wildman–Crippen MR) is 38.3 cm³/mol. The minimum atomic E-state index is -1.79. The van der Waals surface area contributed by atoms with E-state index in [1.165, 1.54) is 0 Å². The van der Waals surface area contributed by atoms with Gasteiger partial charge in [0.1, 0.15) is 24.4 Å². The van der Waals surface area contributed by atoms with Crippen molar-refractivity contribution in [1.29, 1.82) is 0 Å². The summed E-state index contributed by atoms with van der Waals surface area (Å²) in [5.74, 6) is 0. The SMILES string of the molecule is O=C[C@H](O)[C@@H](O)[C@H](O)[C@H](O)CO.[H-].[Li+]. The van der Waals surface area contributed by atoms with Crippen molar-refractivity contribution in [2.45, 2.75) is 24.4 Å². The van der Waals surface area contributed by atoms with Gasteiger partial charge in [-0.2, -0.15) is 0 Å². The van der Waals surface area contributed by atoms with Crippen LogP contribution in [0.4, 0.5) is 0 Å². The normalized spacial score (nSPS) is 19.5. The monoisotopic (exact) mass is 188 g/mol. The summed E-state index contributed by atoms with van der Waals surface area (Å²) in [6.45, 7) is -0.760. The van der Waals surface area contributed by atoms with Gasteiger partial charge in [-0.25, -0.2) is 0 Å². The van der Waals surface area contributed by atoms with Crippen molar-refractivity contribution in [3.63, 3.8) is 0 Å². The van der Waals surface area contributed by atoms with Crippen molar-refractivity contribution in [2.24, 2.45) is 0 Å². The molecule has 0 aromatic heterocycles. The Bertz CT molecular complexity index is 148. The molecule has 0 aliphatic heterocycles. The van der Waals surface area contributed by atoms with E-state index >= 15 is 0 Å². The molecule has 74 valence electrons. The molecule has 0 saturated carbocycles. The van der Waals surface area contributed by atoms with E-state index in [0.717, 1.165) is 0 Å². The number of aliphatic hydroxyl groups excluding tert-OH is 5. The molecule has 0 bridgehead atoms. The van der Waals surface area contributed by atoms with Crippen LogP contribution < -0.4 is 18.9 Å². The molecule has 0 unspecified atom stereocenters. The number of carbonyl (C=O) groups excluding carboxylic acids is 1. The molecule has 5 N–H and O–H groups in total. The van der Waals surface area contributed by atoms with E-state index in [4.69, 9.17) is 25.5 Å². The summed E-state index contributed by atoms with van der Waals surface area (Å²) in [5, 5.41) is 43.5. The zero-order valence-electron chi connectivity index (χ0n) is 8.24. The second-order valence-electron chi connectivity index (χ2n) is 2.36. The summed E-state index contributed by atoms with van der Waals surface area (Å²) in [7, 11) is 0. The first-order valence-corrected chi connectivity index (χ1v) is 3.33. The Balaban J connectivity index is -0.000000605. The first kappa shape index (κ1) is 15.5. The Hall–Kier alpha value is 0.0674. The average molecular weight is 188 g/mol. The van der Waals surface area contributed by atoms with Crippen LogP contribution in [0.3, 0.4) is 0 Å². The van der Waals surface area contributed by atoms with Crippen molar-refractivity contribution < 1.29 is 50.6 Å². The standard InChI is InChI=1S/C6H12O6.Li.H/c7-1-3(9)5(11)6(12)4(10)2-8;;/h1,3-6,8-12H,2H2;;/q;+1;-1/t3-,4+,5+,6+;;/m0../s1. The number of aliphatic hydroxyl groups is 5. The largest absolute Gasteiger partial charge is 1.00 e. The molecule has 0 aromatic rings. The van der Waals surface area contributed by atoms with Crippen molar-refractivity contribution >= 4 is 6.29 Å². The number of hydrogen-bond acceptors (Lipinski definition) is 6. The average Bonchev–Trinajstić information content (AvgIpc) is 2.12. The Kier molecular flexibility index (Phi) is 8.93. The van der Waals surface area contributed by atoms with Gasteiger partial charge in [0.25, 0.3) is 0 Å². The van der Waals surface area contributed by atoms with Crippen LogP contribution in [0.15, 0.2) is 0 Å². The quantitative estimate of drug-likeness (QED) is 0.216. The van der Waals surface area contributed by atoms with Crippen LogP contribution in [0.5, 0.6) is 0 Å². The van der Waals surface area contributed by atoms with Crippen LogP contribution >= 0.6 is 0 Å². The molecule has 0 saturated heterocycles. The van der Waals surface area contributed by atoms with E-state index in [9.17, 15) is 4.79 Å². The Labute approximate surface area is 88.5 Å². The van der Waals surface area contributed by atoms with Crippen molar-refractivity contribution in [1.82, 2.24) is 0 Å². The van der Waals surface area contributed by atoms with Gasteiger partial charge in [0.2, 0.25) is 0 Å². The zero-order chi connectivity index (χ0) is 9.72. The van der Waals surface area contributed by atoms with Gasteiger partial charge >= 0.3 is 18.9 Å². The minimum absolute atomic E-state index is 0. The fourth-order valence-electron chi connectivity index (χ4n) is 0.618. The third kappa shape index (κ3) is 4.74. The molecule has 0 aliphatic carbocycles. The summed E-state index contributed by atoms with van der Waals surface area (Å²) >= 11 is 0. The van der Waals surface area contributed by atoms with Gasteiger partial charge in [0.15, 0.2) is 6.29 Å². The van der Waals surface area contributed by atoms with Crippen molar-refractivity contribution in [3.8, 4) is 0 Å². The van der Waals surface area contributed by atoms with Crippen LogP contribution in [-0.2, 0) is 4.79 Å². The molecule has 0 spiro atoms. The maximum atomic E-state index is 9.90. The maximum Gasteiger partial charge on any atom is 1.00 e. The zero-order valence-corrected chi connectivity index (χ0v) is 7.24. The van der Waals surface area contributed by atoms with Crippen LogP contribution in [0, 0.1) is 0 Å². The second kappa shape index (κ2) is 7.47. The molecule has 6 nitrogen and oxygen atoms in total. The van der Waals surface area contributed by atoms with Crippen LogP contribution in [0.25, 0.3) is 0 Å². The number of hydrogen-bond donors (Lipinski definition) is 5. The fraction of sp³-hybridized carbons (Fsp3) is 0.833. The van der Waals surface area contributed by atoms with E-state index < -0.39 is 31.0 Å². The first-order valence-electron chi connectivity index (χ1n) is 3.33. The molecule has 0 aromatic carbocycles. The molecule has 0 rings (SSSR count). The molecule has 7 heteroatoms. The van der Waals surface area contributed by atoms with Crippen LogP contribution in [-0.4, -0.2) is 62.8 Å². The molecule has 0 heterocycles. The van der Waals surface area contributed by atoms with E-state index in [1.807, 2.05) is 0 Å². The van der Waals surface area contributed by atoms with Gasteiger partial charge in [0.05, 0.1) is 6.61 Å². The maximum absolute atomic E-state index is 9.90. The number of aldehydes is 1. The van der Waals surface area contributed by atoms with Gasteiger partial charge in [-0.15, -0.1) is 0 Å². The third-order valence-corrected chi connectivity index (χ3v) is 1.42. The minimum Gasteiger partial charge on any atom is -1.00 e. The van der Waals surface area contributed by atoms with E-state index in [0.29, 0.717) is 0 Å². The second-order valence-corrected chi connectivity index (χ2v) is 2.36. The summed E-state index contributed by atoms with van der Waals surface area (Å²) in [5.41, 5.74) is 0. The summed E-state index contributed by atoms with van der Waals surface area (Å²) in [6, 6.07) is 0. The molecule has 13 heavy (non-hydrogen) atoms. The molecule has 0 amide bonds. The van der Waals surface area contributed by atoms with Crippen LogP contribution in [0.2, 0.25) is 0 Å². The summed E-state index contributed by atoms with van der Waals surface area (Å²) in [6.07, 6.45) is -6.84. The molecular weight excluding hydrogens is 175 g/mol. The van der Waals surface area contributed by atoms with Crippen molar-refractivity contribution in [2.75, 3.05) is 6.61 Å². The third-order valence-electron chi connectivity index (χ3n) is 1.42. The Morgan fingerprint density at radius 2 is 1.62 bits per heavy atom. The molecule has 0 aliphatic rings.